The molecule has 1 aliphatic carbocycles. The van der Waals surface area contributed by atoms with Crippen LogP contribution in [0.5, 0.6) is 0 Å². The fourth-order valence-corrected chi connectivity index (χ4v) is 5.83. The molecule has 0 aliphatic heterocycles. The zero-order valence-electron chi connectivity index (χ0n) is 21.5. The number of methoxy groups -OCH3 is 1. The largest absolute Gasteiger partial charge is 0.469 e. The smallest absolute Gasteiger partial charge is 0.430 e. The predicted molar refractivity (Wildman–Crippen MR) is 137 cm³/mol. The number of aliphatic hydroxyl groups is 1. The van der Waals surface area contributed by atoms with Crippen molar-refractivity contribution < 1.29 is 50.6 Å². The van der Waals surface area contributed by atoms with Gasteiger partial charge in [-0.15, -0.1) is 11.3 Å². The molecule has 2 amide bonds. The van der Waals surface area contributed by atoms with Crippen molar-refractivity contribution in [3.63, 3.8) is 0 Å². The van der Waals surface area contributed by atoms with Crippen LogP contribution in [0.2, 0.25) is 10.0 Å². The van der Waals surface area contributed by atoms with Crippen molar-refractivity contribution in [1.29, 1.82) is 0 Å². The maximum Gasteiger partial charge on any atom is 0.430 e. The van der Waals surface area contributed by atoms with Crippen molar-refractivity contribution in [2.75, 3.05) is 20.2 Å². The summed E-state index contributed by atoms with van der Waals surface area (Å²) in [5.41, 5.74) is -7.73. The van der Waals surface area contributed by atoms with E-state index in [-0.39, 0.29) is 34.2 Å². The van der Waals surface area contributed by atoms with E-state index in [1.54, 1.807) is 13.8 Å². The lowest BCUT2D eigenvalue weighted by atomic mass is 9.80. The fourth-order valence-electron chi connectivity index (χ4n) is 4.22. The van der Waals surface area contributed by atoms with Crippen LogP contribution in [0.3, 0.4) is 0 Å². The number of carbonyl (C=O) groups is 3. The Kier molecular flexibility index (Phi) is 9.57. The third-order valence-corrected chi connectivity index (χ3v) is 8.59. The topological polar surface area (TPSA) is 109 Å². The number of rotatable bonds is 8. The number of halogens is 8. The van der Waals surface area contributed by atoms with Crippen LogP contribution in [0.4, 0.5) is 26.3 Å². The summed E-state index contributed by atoms with van der Waals surface area (Å²) in [5.74, 6) is -2.25. The molecular formula is C24H23Cl2F6N3O5S. The first-order valence-corrected chi connectivity index (χ1v) is 13.5. The fraction of sp³-hybridized carbons (Fsp3) is 0.500. The van der Waals surface area contributed by atoms with Gasteiger partial charge in [0, 0.05) is 30.3 Å². The van der Waals surface area contributed by atoms with E-state index in [1.807, 2.05) is 0 Å². The maximum atomic E-state index is 13.5. The first kappa shape index (κ1) is 32.9. The SMILES string of the molecule is CCN(CC)C(=O)c1nc(C(=O)NC2CC(C(=O)OC)C2)sc1-c1ccc(C(O)(C(F)(F)F)C(F)(F)F)c(Cl)c1Cl. The molecule has 0 saturated heterocycles. The number of nitrogens with one attached hydrogen (secondary N) is 1. The monoisotopic (exact) mass is 649 g/mol. The summed E-state index contributed by atoms with van der Waals surface area (Å²) in [6.07, 6.45) is -11.8. The molecule has 0 atom stereocenters. The van der Waals surface area contributed by atoms with Crippen LogP contribution >= 0.6 is 34.5 Å². The minimum Gasteiger partial charge on any atom is -0.469 e. The van der Waals surface area contributed by atoms with Crippen molar-refractivity contribution in [3.8, 4) is 10.4 Å². The van der Waals surface area contributed by atoms with Gasteiger partial charge in [-0.3, -0.25) is 14.4 Å². The van der Waals surface area contributed by atoms with E-state index < -0.39 is 63.3 Å². The van der Waals surface area contributed by atoms with E-state index in [9.17, 15) is 45.8 Å². The Bertz CT molecular complexity index is 1330. The van der Waals surface area contributed by atoms with Gasteiger partial charge in [0.2, 0.25) is 0 Å². The molecule has 0 bridgehead atoms. The standard InChI is InChI=1S/C24H23Cl2F6N3O5S/c1-4-35(5-2)20(37)16-17(41-19(34-16)18(36)33-11-8-10(9-11)21(38)40-3)12-6-7-13(15(26)14(12)25)22(39,23(27,28)29)24(30,31)32/h6-7,10-11,39H,4-5,8-9H2,1-3H3,(H,33,36). The van der Waals surface area contributed by atoms with Crippen LogP contribution in [0, 0.1) is 5.92 Å². The van der Waals surface area contributed by atoms with E-state index in [1.165, 1.54) is 12.0 Å². The highest BCUT2D eigenvalue weighted by Crippen LogP contribution is 2.54. The molecule has 2 aromatic rings. The number of aromatic nitrogens is 1. The van der Waals surface area contributed by atoms with Gasteiger partial charge in [-0.05, 0) is 26.7 Å². The summed E-state index contributed by atoms with van der Waals surface area (Å²) in [5, 5.41) is 10.1. The van der Waals surface area contributed by atoms with E-state index >= 15 is 0 Å². The molecule has 8 nitrogen and oxygen atoms in total. The van der Waals surface area contributed by atoms with E-state index in [0.29, 0.717) is 30.2 Å². The Balaban J connectivity index is 2.09. The predicted octanol–water partition coefficient (Wildman–Crippen LogP) is 5.59. The second kappa shape index (κ2) is 11.9. The molecular weight excluding hydrogens is 627 g/mol. The number of hydrogen-bond acceptors (Lipinski definition) is 7. The van der Waals surface area contributed by atoms with E-state index in [0.717, 1.165) is 6.07 Å². The number of benzene rings is 1. The van der Waals surface area contributed by atoms with Crippen LogP contribution < -0.4 is 5.32 Å². The van der Waals surface area contributed by atoms with Gasteiger partial charge in [0.15, 0.2) is 5.01 Å². The Morgan fingerprint density at radius 1 is 1.07 bits per heavy atom. The number of ether oxygens (including phenoxy) is 1. The normalized spacial score (nSPS) is 17.6. The van der Waals surface area contributed by atoms with Gasteiger partial charge < -0.3 is 20.1 Å². The quantitative estimate of drug-likeness (QED) is 0.285. The molecule has 1 fully saturated rings. The lowest BCUT2D eigenvalue weighted by Crippen LogP contribution is -2.54. The number of nitrogens with zero attached hydrogens (tertiary/aromatic N) is 2. The van der Waals surface area contributed by atoms with E-state index in [2.05, 4.69) is 15.0 Å². The minimum atomic E-state index is -6.21. The second-order valence-electron chi connectivity index (χ2n) is 9.03. The minimum absolute atomic E-state index is 0.144. The molecule has 0 spiro atoms. The highest BCUT2D eigenvalue weighted by Gasteiger charge is 2.72. The van der Waals surface area contributed by atoms with Gasteiger partial charge in [-0.1, -0.05) is 35.3 Å². The Morgan fingerprint density at radius 2 is 1.63 bits per heavy atom. The molecule has 41 heavy (non-hydrogen) atoms. The molecule has 1 aromatic carbocycles. The van der Waals surface area contributed by atoms with Gasteiger partial charge >= 0.3 is 18.3 Å². The summed E-state index contributed by atoms with van der Waals surface area (Å²) in [4.78, 5) is 43.1. The Morgan fingerprint density at radius 3 is 2.12 bits per heavy atom. The third-order valence-electron chi connectivity index (χ3n) is 6.62. The van der Waals surface area contributed by atoms with Gasteiger partial charge in [-0.25, -0.2) is 4.98 Å². The van der Waals surface area contributed by atoms with Crippen molar-refractivity contribution in [3.05, 3.63) is 38.4 Å². The Hall–Kier alpha value is -2.62. The third kappa shape index (κ3) is 5.99. The summed E-state index contributed by atoms with van der Waals surface area (Å²) < 4.78 is 85.5. The van der Waals surface area contributed by atoms with Crippen LogP contribution in [-0.4, -0.2) is 71.4 Å². The Labute approximate surface area is 243 Å². The summed E-state index contributed by atoms with van der Waals surface area (Å²) in [6.45, 7) is 3.73. The van der Waals surface area contributed by atoms with E-state index in [4.69, 9.17) is 23.2 Å². The summed E-state index contributed by atoms with van der Waals surface area (Å²) in [7, 11) is 1.23. The summed E-state index contributed by atoms with van der Waals surface area (Å²) >= 11 is 12.7. The van der Waals surface area contributed by atoms with Crippen LogP contribution in [0.1, 0.15) is 52.5 Å². The molecule has 0 unspecified atom stereocenters. The zero-order valence-corrected chi connectivity index (χ0v) is 23.9. The number of thiazole rings is 1. The van der Waals surface area contributed by atoms with Gasteiger partial charge in [0.05, 0.1) is 28.0 Å². The van der Waals surface area contributed by atoms with Crippen molar-refractivity contribution >= 4 is 52.3 Å². The lowest BCUT2D eigenvalue weighted by Gasteiger charge is -2.33. The first-order chi connectivity index (χ1) is 18.9. The maximum absolute atomic E-state index is 13.5. The molecule has 3 rings (SSSR count). The first-order valence-electron chi connectivity index (χ1n) is 12.0. The molecule has 17 heteroatoms. The van der Waals surface area contributed by atoms with Crippen molar-refractivity contribution in [2.24, 2.45) is 5.92 Å². The number of carbonyl (C=O) groups excluding carboxylic acids is 3. The number of esters is 1. The molecule has 1 heterocycles. The highest BCUT2D eigenvalue weighted by molar-refractivity contribution is 7.17. The number of amides is 2. The molecule has 1 saturated carbocycles. The number of alkyl halides is 6. The zero-order chi connectivity index (χ0) is 31.1. The molecule has 0 radical (unpaired) electrons. The summed E-state index contributed by atoms with van der Waals surface area (Å²) in [6, 6.07) is 0.630. The van der Waals surface area contributed by atoms with Crippen LogP contribution in [-0.2, 0) is 15.1 Å². The molecule has 2 N–H and O–H groups in total. The lowest BCUT2D eigenvalue weighted by molar-refractivity contribution is -0.376. The average Bonchev–Trinajstić information content (AvgIpc) is 3.31. The van der Waals surface area contributed by atoms with Crippen molar-refractivity contribution in [1.82, 2.24) is 15.2 Å². The highest BCUT2D eigenvalue weighted by atomic mass is 35.5. The molecule has 1 aliphatic rings. The van der Waals surface area contributed by atoms with Gasteiger partial charge in [0.1, 0.15) is 5.69 Å². The molecule has 226 valence electrons. The average molecular weight is 650 g/mol. The van der Waals surface area contributed by atoms with Gasteiger partial charge in [-0.2, -0.15) is 26.3 Å². The van der Waals surface area contributed by atoms with Crippen LogP contribution in [0.25, 0.3) is 10.4 Å². The number of hydrogen-bond donors (Lipinski definition) is 2. The molecule has 1 aromatic heterocycles. The van der Waals surface area contributed by atoms with Gasteiger partial charge in [0.25, 0.3) is 17.4 Å². The second-order valence-corrected chi connectivity index (χ2v) is 10.8. The van der Waals surface area contributed by atoms with Crippen LogP contribution in [0.15, 0.2) is 12.1 Å². The van der Waals surface area contributed by atoms with Crippen molar-refractivity contribution in [2.45, 2.75) is 50.7 Å².